The highest BCUT2D eigenvalue weighted by molar-refractivity contribution is 7.91. The summed E-state index contributed by atoms with van der Waals surface area (Å²) >= 11 is 5.91. The molecule has 0 saturated carbocycles. The molecule has 0 radical (unpaired) electrons. The van der Waals surface area contributed by atoms with Crippen molar-refractivity contribution in [1.29, 1.82) is 0 Å². The fourth-order valence-electron chi connectivity index (χ4n) is 2.07. The van der Waals surface area contributed by atoms with Gasteiger partial charge < -0.3 is 0 Å². The Morgan fingerprint density at radius 2 is 2.06 bits per heavy atom. The highest BCUT2D eigenvalue weighted by Crippen LogP contribution is 2.42. The zero-order valence-corrected chi connectivity index (χ0v) is 10.5. The highest BCUT2D eigenvalue weighted by atomic mass is 35.5. The number of hydrogen-bond donors (Lipinski definition) is 0. The quantitative estimate of drug-likeness (QED) is 0.530. The van der Waals surface area contributed by atoms with Crippen molar-refractivity contribution in [1.82, 2.24) is 0 Å². The molecule has 0 spiro atoms. The predicted molar refractivity (Wildman–Crippen MR) is 65.1 cm³/mol. The van der Waals surface area contributed by atoms with E-state index in [1.165, 1.54) is 6.07 Å². The van der Waals surface area contributed by atoms with Crippen LogP contribution in [0.25, 0.3) is 10.8 Å². The third kappa shape index (κ3) is 1.28. The van der Waals surface area contributed by atoms with E-state index in [4.69, 9.17) is 11.6 Å². The first-order valence-corrected chi connectivity index (χ1v) is 7.09. The minimum atomic E-state index is -3.58. The number of sulfone groups is 1. The van der Waals surface area contributed by atoms with Crippen molar-refractivity contribution >= 4 is 43.6 Å². The van der Waals surface area contributed by atoms with Crippen molar-refractivity contribution in [2.45, 2.75) is 4.90 Å². The second kappa shape index (κ2) is 3.18. The van der Waals surface area contributed by atoms with Crippen molar-refractivity contribution in [3.8, 4) is 0 Å². The van der Waals surface area contributed by atoms with Crippen molar-refractivity contribution < 1.29 is 13.3 Å². The van der Waals surface area contributed by atoms with Gasteiger partial charge in [0.2, 0.25) is 0 Å². The molecular weight excluding hydrogens is 280 g/mol. The van der Waals surface area contributed by atoms with Crippen molar-refractivity contribution in [3.63, 3.8) is 0 Å². The molecule has 0 unspecified atom stereocenters. The molecule has 8 heteroatoms. The summed E-state index contributed by atoms with van der Waals surface area (Å²) in [5.41, 5.74) is 0.0799. The van der Waals surface area contributed by atoms with Crippen LogP contribution in [0.3, 0.4) is 0 Å². The average Bonchev–Trinajstić information content (AvgIpc) is 2.17. The van der Waals surface area contributed by atoms with Crippen LogP contribution in [-0.4, -0.2) is 19.6 Å². The molecule has 0 atom stereocenters. The monoisotopic (exact) mass is 284 g/mol. The molecule has 2 aromatic rings. The largest absolute Gasteiger partial charge is 0.282 e. The first-order valence-electron chi connectivity index (χ1n) is 4.83. The van der Waals surface area contributed by atoms with E-state index in [9.17, 15) is 18.5 Å². The molecule has 18 heavy (non-hydrogen) atoms. The number of nitro benzene ring substituents is 1. The van der Waals surface area contributed by atoms with Gasteiger partial charge in [0, 0.05) is 17.7 Å². The molecule has 0 saturated heterocycles. The van der Waals surface area contributed by atoms with Crippen molar-refractivity contribution in [2.75, 3.05) is 6.26 Å². The minimum Gasteiger partial charge on any atom is -0.258 e. The van der Waals surface area contributed by atoms with Gasteiger partial charge in [-0.1, -0.05) is 11.6 Å². The Balaban J connectivity index is 2.60. The molecule has 1 aliphatic rings. The van der Waals surface area contributed by atoms with Gasteiger partial charge in [0.1, 0.15) is 5.39 Å². The maximum atomic E-state index is 11.7. The number of hydrogen-bond acceptors (Lipinski definition) is 5. The second-order valence-corrected chi connectivity index (χ2v) is 6.40. The molecule has 0 aliphatic carbocycles. The van der Waals surface area contributed by atoms with Crippen molar-refractivity contribution in [2.24, 2.45) is 4.99 Å². The molecular formula is C10H5ClN2O4S. The Hall–Kier alpha value is -1.73. The highest BCUT2D eigenvalue weighted by Gasteiger charge is 2.30. The van der Waals surface area contributed by atoms with Gasteiger partial charge in [-0.3, -0.25) is 10.1 Å². The number of nitrogens with zero attached hydrogens (tertiary/aromatic N) is 2. The van der Waals surface area contributed by atoms with E-state index in [-0.39, 0.29) is 15.6 Å². The fraction of sp³-hybridized carbons (Fsp3) is 0.100. The third-order valence-corrected chi connectivity index (χ3v) is 4.26. The van der Waals surface area contributed by atoms with E-state index < -0.39 is 14.8 Å². The number of rotatable bonds is 2. The molecule has 0 amide bonds. The SMILES string of the molecule is CS(=O)(=O)c1cc([N+](=O)[O-])c2c3c(Cl)cc1c2=N3. The lowest BCUT2D eigenvalue weighted by Gasteiger charge is -2.16. The lowest BCUT2D eigenvalue weighted by atomic mass is 10.0. The van der Waals surface area contributed by atoms with Crippen LogP contribution >= 0.6 is 11.6 Å². The second-order valence-electron chi connectivity index (χ2n) is 4.01. The van der Waals surface area contributed by atoms with Crippen LogP contribution in [0.2, 0.25) is 5.02 Å². The zero-order chi connectivity index (χ0) is 13.2. The fourth-order valence-corrected chi connectivity index (χ4v) is 3.20. The maximum absolute atomic E-state index is 11.7. The van der Waals surface area contributed by atoms with Gasteiger partial charge >= 0.3 is 0 Å². The molecule has 0 fully saturated rings. The molecule has 3 rings (SSSR count). The number of halogens is 1. The van der Waals surface area contributed by atoms with E-state index in [0.29, 0.717) is 21.8 Å². The van der Waals surface area contributed by atoms with Crippen LogP contribution in [0.5, 0.6) is 0 Å². The smallest absolute Gasteiger partial charge is 0.258 e. The Morgan fingerprint density at radius 3 is 2.56 bits per heavy atom. The molecule has 0 aromatic heterocycles. The summed E-state index contributed by atoms with van der Waals surface area (Å²) < 4.78 is 23.3. The average molecular weight is 285 g/mol. The van der Waals surface area contributed by atoms with Crippen LogP contribution in [0.1, 0.15) is 0 Å². The summed E-state index contributed by atoms with van der Waals surface area (Å²) in [7, 11) is -3.58. The Kier molecular flexibility index (Phi) is 2.01. The maximum Gasteiger partial charge on any atom is 0.282 e. The molecule has 1 aliphatic heterocycles. The van der Waals surface area contributed by atoms with Crippen LogP contribution < -0.4 is 5.36 Å². The lowest BCUT2D eigenvalue weighted by molar-refractivity contribution is -0.383. The Labute approximate surface area is 106 Å². The van der Waals surface area contributed by atoms with Gasteiger partial charge in [-0.25, -0.2) is 13.4 Å². The standard InChI is InChI=1S/C10H5ClN2O4S/c1-18(16,17)7-3-6(13(14)15)8-9-4(7)2-5(11)10(8)12-9/h2-3H,1H3. The summed E-state index contributed by atoms with van der Waals surface area (Å²) in [5.74, 6) is 0. The van der Waals surface area contributed by atoms with E-state index in [1.807, 2.05) is 0 Å². The molecule has 0 N–H and O–H groups in total. The number of non-ortho nitro benzene ring substituents is 1. The van der Waals surface area contributed by atoms with E-state index in [0.717, 1.165) is 12.3 Å². The summed E-state index contributed by atoms with van der Waals surface area (Å²) in [6.07, 6.45) is 0.995. The summed E-state index contributed by atoms with van der Waals surface area (Å²) in [4.78, 5) is 14.2. The van der Waals surface area contributed by atoms with Gasteiger partial charge in [-0.15, -0.1) is 0 Å². The summed E-state index contributed by atoms with van der Waals surface area (Å²) in [5, 5.41) is 12.2. The molecule has 2 aromatic carbocycles. The van der Waals surface area contributed by atoms with Crippen molar-refractivity contribution in [3.05, 3.63) is 32.6 Å². The molecule has 4 bridgehead atoms. The number of nitro groups is 1. The third-order valence-electron chi connectivity index (χ3n) is 2.84. The van der Waals surface area contributed by atoms with E-state index >= 15 is 0 Å². The van der Waals surface area contributed by atoms with Gasteiger partial charge in [-0.05, 0) is 6.07 Å². The van der Waals surface area contributed by atoms with Crippen LogP contribution in [0.4, 0.5) is 11.4 Å². The normalized spacial score (nSPS) is 13.2. The Bertz CT molecular complexity index is 889. The van der Waals surface area contributed by atoms with Gasteiger partial charge in [0.15, 0.2) is 9.84 Å². The first-order chi connectivity index (χ1) is 8.30. The minimum absolute atomic E-state index is 0.117. The van der Waals surface area contributed by atoms with Gasteiger partial charge in [-0.2, -0.15) is 0 Å². The predicted octanol–water partition coefficient (Wildman–Crippen LogP) is 1.79. The van der Waals surface area contributed by atoms with Crippen LogP contribution in [0, 0.1) is 10.1 Å². The molecule has 92 valence electrons. The molecule has 1 heterocycles. The first kappa shape index (κ1) is 11.4. The summed E-state index contributed by atoms with van der Waals surface area (Å²) in [6.45, 7) is 0. The van der Waals surface area contributed by atoms with Gasteiger partial charge in [0.25, 0.3) is 5.69 Å². The van der Waals surface area contributed by atoms with E-state index in [1.54, 1.807) is 0 Å². The Morgan fingerprint density at radius 1 is 1.39 bits per heavy atom. The van der Waals surface area contributed by atoms with Crippen LogP contribution in [-0.2, 0) is 9.84 Å². The summed E-state index contributed by atoms with van der Waals surface area (Å²) in [6, 6.07) is 2.55. The zero-order valence-electron chi connectivity index (χ0n) is 8.97. The van der Waals surface area contributed by atoms with Crippen LogP contribution in [0.15, 0.2) is 22.0 Å². The number of benzene rings is 2. The topological polar surface area (TPSA) is 89.6 Å². The molecule has 6 nitrogen and oxygen atoms in total. The van der Waals surface area contributed by atoms with Gasteiger partial charge in [0.05, 0.1) is 25.9 Å². The lowest BCUT2D eigenvalue weighted by Crippen LogP contribution is -2.18. The van der Waals surface area contributed by atoms with E-state index in [2.05, 4.69) is 4.99 Å².